The SMILES string of the molecule is Cc1[nH]c2ccccc2c1CCN1CC(C(=O)O)CC1=O. The monoisotopic (exact) mass is 286 g/mol. The van der Waals surface area contributed by atoms with E-state index in [1.165, 1.54) is 10.9 Å². The molecule has 1 fully saturated rings. The number of carbonyl (C=O) groups is 2. The summed E-state index contributed by atoms with van der Waals surface area (Å²) in [5, 5.41) is 10.2. The standard InChI is InChI=1S/C16H18N2O3/c1-10-12(13-4-2-3-5-14(13)17-10)6-7-18-9-11(16(20)21)8-15(18)19/h2-5,11,17H,6-9H2,1H3,(H,20,21). The third-order valence-corrected chi connectivity index (χ3v) is 4.22. The lowest BCUT2D eigenvalue weighted by atomic mass is 10.1. The summed E-state index contributed by atoms with van der Waals surface area (Å²) < 4.78 is 0. The van der Waals surface area contributed by atoms with Crippen LogP contribution in [0.4, 0.5) is 0 Å². The average Bonchev–Trinajstić information content (AvgIpc) is 2.97. The van der Waals surface area contributed by atoms with Gasteiger partial charge >= 0.3 is 5.97 Å². The third-order valence-electron chi connectivity index (χ3n) is 4.22. The summed E-state index contributed by atoms with van der Waals surface area (Å²) in [7, 11) is 0. The summed E-state index contributed by atoms with van der Waals surface area (Å²) in [4.78, 5) is 27.8. The molecular weight excluding hydrogens is 268 g/mol. The number of rotatable bonds is 4. The van der Waals surface area contributed by atoms with Crippen LogP contribution in [0, 0.1) is 12.8 Å². The van der Waals surface area contributed by atoms with Gasteiger partial charge in [0.05, 0.1) is 5.92 Å². The van der Waals surface area contributed by atoms with Gasteiger partial charge in [0.1, 0.15) is 0 Å². The molecule has 5 heteroatoms. The number of carboxylic acid groups (broad SMARTS) is 1. The summed E-state index contributed by atoms with van der Waals surface area (Å²) in [6, 6.07) is 8.09. The highest BCUT2D eigenvalue weighted by molar-refractivity contribution is 5.86. The van der Waals surface area contributed by atoms with Crippen LogP contribution in [0.3, 0.4) is 0 Å². The number of carboxylic acids is 1. The summed E-state index contributed by atoms with van der Waals surface area (Å²) in [6.45, 7) is 2.93. The number of likely N-dealkylation sites (tertiary alicyclic amines) is 1. The first kappa shape index (κ1) is 13.7. The molecule has 2 heterocycles. The van der Waals surface area contributed by atoms with E-state index in [0.717, 1.165) is 17.6 Å². The maximum atomic E-state index is 11.9. The van der Waals surface area contributed by atoms with Crippen LogP contribution in [-0.2, 0) is 16.0 Å². The van der Waals surface area contributed by atoms with Crippen LogP contribution in [0.5, 0.6) is 0 Å². The first-order valence-electron chi connectivity index (χ1n) is 7.13. The van der Waals surface area contributed by atoms with E-state index in [2.05, 4.69) is 11.1 Å². The number of aromatic nitrogens is 1. The van der Waals surface area contributed by atoms with E-state index in [-0.39, 0.29) is 12.3 Å². The van der Waals surface area contributed by atoms with E-state index in [1.807, 2.05) is 25.1 Å². The predicted molar refractivity (Wildman–Crippen MR) is 79.1 cm³/mol. The Balaban J connectivity index is 1.74. The van der Waals surface area contributed by atoms with Crippen molar-refractivity contribution in [2.75, 3.05) is 13.1 Å². The molecule has 21 heavy (non-hydrogen) atoms. The minimum atomic E-state index is -0.880. The van der Waals surface area contributed by atoms with Gasteiger partial charge in [0.2, 0.25) is 5.91 Å². The molecule has 1 aromatic heterocycles. The molecule has 1 aliphatic rings. The van der Waals surface area contributed by atoms with Crippen LogP contribution in [0.15, 0.2) is 24.3 Å². The van der Waals surface area contributed by atoms with Crippen LogP contribution < -0.4 is 0 Å². The number of nitrogens with one attached hydrogen (secondary N) is 1. The summed E-state index contributed by atoms with van der Waals surface area (Å²) in [5.74, 6) is -1.49. The number of H-pyrrole nitrogens is 1. The van der Waals surface area contributed by atoms with Gasteiger partial charge < -0.3 is 15.0 Å². The predicted octanol–water partition coefficient (Wildman–Crippen LogP) is 1.95. The quantitative estimate of drug-likeness (QED) is 0.902. The van der Waals surface area contributed by atoms with E-state index < -0.39 is 11.9 Å². The number of benzene rings is 1. The molecule has 1 aromatic carbocycles. The molecular formula is C16H18N2O3. The molecule has 1 saturated heterocycles. The fourth-order valence-electron chi connectivity index (χ4n) is 3.06. The highest BCUT2D eigenvalue weighted by atomic mass is 16.4. The largest absolute Gasteiger partial charge is 0.481 e. The Hall–Kier alpha value is -2.30. The first-order chi connectivity index (χ1) is 10.1. The van der Waals surface area contributed by atoms with Gasteiger partial charge in [-0.05, 0) is 25.0 Å². The molecule has 1 atom stereocenters. The Morgan fingerprint density at radius 1 is 1.43 bits per heavy atom. The second-order valence-corrected chi connectivity index (χ2v) is 5.60. The Labute approximate surface area is 122 Å². The number of aryl methyl sites for hydroxylation is 1. The molecule has 3 rings (SSSR count). The van der Waals surface area contributed by atoms with Crippen molar-refractivity contribution in [3.05, 3.63) is 35.5 Å². The van der Waals surface area contributed by atoms with Crippen LogP contribution in [0.1, 0.15) is 17.7 Å². The minimum Gasteiger partial charge on any atom is -0.481 e. The Kier molecular flexibility index (Phi) is 3.41. The Bertz CT molecular complexity index is 705. The number of para-hydroxylation sites is 1. The number of aromatic amines is 1. The van der Waals surface area contributed by atoms with E-state index in [1.54, 1.807) is 4.90 Å². The van der Waals surface area contributed by atoms with Gasteiger partial charge in [-0.2, -0.15) is 0 Å². The second-order valence-electron chi connectivity index (χ2n) is 5.60. The number of hydrogen-bond donors (Lipinski definition) is 2. The summed E-state index contributed by atoms with van der Waals surface area (Å²) in [6.07, 6.45) is 0.871. The number of amides is 1. The minimum absolute atomic E-state index is 0.0557. The molecule has 0 spiro atoms. The fraction of sp³-hybridized carbons (Fsp3) is 0.375. The van der Waals surface area contributed by atoms with Crippen molar-refractivity contribution in [2.45, 2.75) is 19.8 Å². The van der Waals surface area contributed by atoms with Gasteiger partial charge in [0, 0.05) is 36.1 Å². The molecule has 110 valence electrons. The van der Waals surface area contributed by atoms with Crippen LogP contribution in [0.25, 0.3) is 10.9 Å². The molecule has 0 aliphatic carbocycles. The van der Waals surface area contributed by atoms with Gasteiger partial charge in [-0.1, -0.05) is 18.2 Å². The van der Waals surface area contributed by atoms with E-state index in [9.17, 15) is 9.59 Å². The van der Waals surface area contributed by atoms with Gasteiger partial charge in [0.15, 0.2) is 0 Å². The fourth-order valence-corrected chi connectivity index (χ4v) is 3.06. The third kappa shape index (κ3) is 2.51. The molecule has 1 amide bonds. The number of carbonyl (C=O) groups excluding carboxylic acids is 1. The number of aliphatic carboxylic acids is 1. The van der Waals surface area contributed by atoms with Crippen molar-refractivity contribution in [3.8, 4) is 0 Å². The molecule has 0 saturated carbocycles. The first-order valence-corrected chi connectivity index (χ1v) is 7.13. The molecule has 0 bridgehead atoms. The Morgan fingerprint density at radius 2 is 2.19 bits per heavy atom. The van der Waals surface area contributed by atoms with Gasteiger partial charge in [-0.15, -0.1) is 0 Å². The normalized spacial score (nSPS) is 18.6. The maximum absolute atomic E-state index is 11.9. The van der Waals surface area contributed by atoms with Gasteiger partial charge in [-0.3, -0.25) is 9.59 Å². The maximum Gasteiger partial charge on any atom is 0.308 e. The molecule has 0 radical (unpaired) electrons. The van der Waals surface area contributed by atoms with Crippen molar-refractivity contribution in [3.63, 3.8) is 0 Å². The number of fused-ring (bicyclic) bond motifs is 1. The molecule has 5 nitrogen and oxygen atoms in total. The van der Waals surface area contributed by atoms with Crippen LogP contribution >= 0.6 is 0 Å². The lowest BCUT2D eigenvalue weighted by Crippen LogP contribution is -2.28. The van der Waals surface area contributed by atoms with Crippen molar-refractivity contribution < 1.29 is 14.7 Å². The highest BCUT2D eigenvalue weighted by Crippen LogP contribution is 2.24. The van der Waals surface area contributed by atoms with Crippen molar-refractivity contribution in [1.82, 2.24) is 9.88 Å². The van der Waals surface area contributed by atoms with Gasteiger partial charge in [0.25, 0.3) is 0 Å². The molecule has 1 unspecified atom stereocenters. The highest BCUT2D eigenvalue weighted by Gasteiger charge is 2.33. The van der Waals surface area contributed by atoms with E-state index >= 15 is 0 Å². The van der Waals surface area contributed by atoms with E-state index in [4.69, 9.17) is 5.11 Å². The van der Waals surface area contributed by atoms with Crippen molar-refractivity contribution >= 4 is 22.8 Å². The zero-order valence-corrected chi connectivity index (χ0v) is 11.9. The van der Waals surface area contributed by atoms with Crippen molar-refractivity contribution in [1.29, 1.82) is 0 Å². The van der Waals surface area contributed by atoms with Gasteiger partial charge in [-0.25, -0.2) is 0 Å². The van der Waals surface area contributed by atoms with Crippen molar-refractivity contribution in [2.24, 2.45) is 5.92 Å². The second kappa shape index (κ2) is 5.24. The summed E-state index contributed by atoms with van der Waals surface area (Å²) in [5.41, 5.74) is 3.41. The zero-order chi connectivity index (χ0) is 15.0. The van der Waals surface area contributed by atoms with Crippen LogP contribution in [0.2, 0.25) is 0 Å². The number of hydrogen-bond acceptors (Lipinski definition) is 2. The molecule has 2 aromatic rings. The molecule has 1 aliphatic heterocycles. The Morgan fingerprint density at radius 3 is 2.90 bits per heavy atom. The smallest absolute Gasteiger partial charge is 0.308 e. The topological polar surface area (TPSA) is 73.4 Å². The lowest BCUT2D eigenvalue weighted by Gasteiger charge is -2.16. The summed E-state index contributed by atoms with van der Waals surface area (Å²) >= 11 is 0. The molecule has 2 N–H and O–H groups in total. The lowest BCUT2D eigenvalue weighted by molar-refractivity contribution is -0.141. The van der Waals surface area contributed by atoms with E-state index in [0.29, 0.717) is 13.1 Å². The average molecular weight is 286 g/mol. The van der Waals surface area contributed by atoms with Crippen LogP contribution in [-0.4, -0.2) is 40.0 Å². The number of nitrogens with zero attached hydrogens (tertiary/aromatic N) is 1. The zero-order valence-electron chi connectivity index (χ0n) is 11.9.